The number of nitrogens with zero attached hydrogens (tertiary/aromatic N) is 2. The first-order valence-electron chi connectivity index (χ1n) is 7.36. The standard InChI is InChI=1S/C19H17N2O3/c1-22-17-15(13-6-9-20-10-7-13)11-16(14-5-4-8-21-12-14)18(23-2)19(17)24-3/h4-10,12H,1-3H3. The number of aromatic nitrogens is 2. The lowest BCUT2D eigenvalue weighted by Crippen LogP contribution is -2.00. The number of hydrogen-bond acceptors (Lipinski definition) is 5. The van der Waals surface area contributed by atoms with Crippen molar-refractivity contribution in [3.8, 4) is 39.5 Å². The van der Waals surface area contributed by atoms with Crippen molar-refractivity contribution in [3.63, 3.8) is 0 Å². The van der Waals surface area contributed by atoms with Gasteiger partial charge in [-0.2, -0.15) is 0 Å². The fourth-order valence-corrected chi connectivity index (χ4v) is 2.58. The zero-order valence-corrected chi connectivity index (χ0v) is 13.7. The zero-order chi connectivity index (χ0) is 16.9. The third kappa shape index (κ3) is 2.76. The molecule has 0 fully saturated rings. The summed E-state index contributed by atoms with van der Waals surface area (Å²) < 4.78 is 16.7. The Morgan fingerprint density at radius 2 is 1.33 bits per heavy atom. The molecule has 5 heteroatoms. The molecule has 0 spiro atoms. The Kier molecular flexibility index (Phi) is 4.61. The molecule has 0 amide bonds. The van der Waals surface area contributed by atoms with E-state index in [1.165, 1.54) is 0 Å². The van der Waals surface area contributed by atoms with Crippen LogP contribution in [0.3, 0.4) is 0 Å². The molecule has 3 rings (SSSR count). The summed E-state index contributed by atoms with van der Waals surface area (Å²) in [6, 6.07) is 11.0. The van der Waals surface area contributed by atoms with Crippen LogP contribution in [0.2, 0.25) is 0 Å². The molecule has 1 aromatic carbocycles. The van der Waals surface area contributed by atoms with Crippen LogP contribution in [0.5, 0.6) is 17.2 Å². The number of rotatable bonds is 5. The Bertz CT molecular complexity index is 755. The molecule has 0 aliphatic heterocycles. The van der Waals surface area contributed by atoms with Gasteiger partial charge in [0.25, 0.3) is 0 Å². The van der Waals surface area contributed by atoms with Gasteiger partial charge in [-0.05, 0) is 23.8 Å². The summed E-state index contributed by atoms with van der Waals surface area (Å²) in [6.45, 7) is 0. The van der Waals surface area contributed by atoms with Crippen molar-refractivity contribution < 1.29 is 14.2 Å². The molecule has 1 radical (unpaired) electrons. The highest BCUT2D eigenvalue weighted by Gasteiger charge is 2.23. The smallest absolute Gasteiger partial charge is 0.204 e. The molecule has 0 bridgehead atoms. The topological polar surface area (TPSA) is 53.5 Å². The molecule has 24 heavy (non-hydrogen) atoms. The van der Waals surface area contributed by atoms with Crippen LogP contribution in [-0.2, 0) is 0 Å². The first-order chi connectivity index (χ1) is 11.8. The second-order valence-corrected chi connectivity index (χ2v) is 4.95. The van der Waals surface area contributed by atoms with Gasteiger partial charge in [-0.1, -0.05) is 6.07 Å². The van der Waals surface area contributed by atoms with Crippen LogP contribution in [0.25, 0.3) is 22.3 Å². The van der Waals surface area contributed by atoms with E-state index < -0.39 is 0 Å². The van der Waals surface area contributed by atoms with Gasteiger partial charge in [0.15, 0.2) is 11.5 Å². The molecule has 0 saturated carbocycles. The number of benzene rings is 1. The van der Waals surface area contributed by atoms with Crippen LogP contribution in [0.1, 0.15) is 0 Å². The fourth-order valence-electron chi connectivity index (χ4n) is 2.58. The highest BCUT2D eigenvalue weighted by Crippen LogP contribution is 2.49. The van der Waals surface area contributed by atoms with Crippen molar-refractivity contribution in [1.29, 1.82) is 0 Å². The minimum absolute atomic E-state index is 0.518. The second-order valence-electron chi connectivity index (χ2n) is 4.95. The largest absolute Gasteiger partial charge is 0.492 e. The van der Waals surface area contributed by atoms with E-state index in [4.69, 9.17) is 14.2 Å². The molecule has 0 atom stereocenters. The van der Waals surface area contributed by atoms with Gasteiger partial charge in [0.1, 0.15) is 0 Å². The zero-order valence-electron chi connectivity index (χ0n) is 13.7. The molecule has 0 N–H and O–H groups in total. The molecule has 3 aromatic rings. The van der Waals surface area contributed by atoms with Crippen molar-refractivity contribution in [1.82, 2.24) is 9.97 Å². The summed E-state index contributed by atoms with van der Waals surface area (Å²) in [5, 5.41) is 0. The third-order valence-corrected chi connectivity index (χ3v) is 3.65. The van der Waals surface area contributed by atoms with Crippen molar-refractivity contribution in [3.05, 3.63) is 55.1 Å². The summed E-state index contributed by atoms with van der Waals surface area (Å²) in [7, 11) is 4.78. The maximum absolute atomic E-state index is 5.58. The number of methoxy groups -OCH3 is 3. The van der Waals surface area contributed by atoms with E-state index >= 15 is 0 Å². The summed E-state index contributed by atoms with van der Waals surface area (Å²) in [4.78, 5) is 8.24. The van der Waals surface area contributed by atoms with Crippen LogP contribution >= 0.6 is 0 Å². The summed E-state index contributed by atoms with van der Waals surface area (Å²) in [5.74, 6) is 1.64. The van der Waals surface area contributed by atoms with Gasteiger partial charge in [-0.3, -0.25) is 9.97 Å². The van der Waals surface area contributed by atoms with E-state index in [0.29, 0.717) is 17.2 Å². The molecule has 0 aliphatic rings. The predicted octanol–water partition coefficient (Wildman–Crippen LogP) is 3.64. The van der Waals surface area contributed by atoms with Crippen LogP contribution in [0, 0.1) is 6.07 Å². The lowest BCUT2D eigenvalue weighted by Gasteiger charge is -2.19. The van der Waals surface area contributed by atoms with E-state index in [-0.39, 0.29) is 0 Å². The summed E-state index contributed by atoms with van der Waals surface area (Å²) in [6.07, 6.45) is 6.93. The summed E-state index contributed by atoms with van der Waals surface area (Å²) in [5.41, 5.74) is 3.34. The van der Waals surface area contributed by atoms with Gasteiger partial charge in [-0.25, -0.2) is 0 Å². The number of hydrogen-bond donors (Lipinski definition) is 0. The van der Waals surface area contributed by atoms with Gasteiger partial charge in [0.2, 0.25) is 5.75 Å². The highest BCUT2D eigenvalue weighted by molar-refractivity contribution is 5.85. The van der Waals surface area contributed by atoms with E-state index in [9.17, 15) is 0 Å². The SMILES string of the molecule is COc1c(-c2ccncc2)[c]c(-c2cccnc2)c(OC)c1OC. The Balaban J connectivity index is 2.34. The lowest BCUT2D eigenvalue weighted by atomic mass is 9.97. The number of ether oxygens (including phenoxy) is 3. The minimum atomic E-state index is 0.518. The first kappa shape index (κ1) is 15.8. The lowest BCUT2D eigenvalue weighted by molar-refractivity contribution is 0.326. The van der Waals surface area contributed by atoms with E-state index in [2.05, 4.69) is 16.0 Å². The van der Waals surface area contributed by atoms with Crippen molar-refractivity contribution >= 4 is 0 Å². The highest BCUT2D eigenvalue weighted by atomic mass is 16.5. The Labute approximate surface area is 140 Å². The van der Waals surface area contributed by atoms with Gasteiger partial charge < -0.3 is 14.2 Å². The third-order valence-electron chi connectivity index (χ3n) is 3.65. The van der Waals surface area contributed by atoms with Gasteiger partial charge >= 0.3 is 0 Å². The molecule has 0 saturated heterocycles. The quantitative estimate of drug-likeness (QED) is 0.718. The van der Waals surface area contributed by atoms with Crippen LogP contribution in [0.15, 0.2) is 49.1 Å². The van der Waals surface area contributed by atoms with Gasteiger partial charge in [-0.15, -0.1) is 0 Å². The molecule has 2 aromatic heterocycles. The van der Waals surface area contributed by atoms with Crippen LogP contribution in [0.4, 0.5) is 0 Å². The maximum Gasteiger partial charge on any atom is 0.204 e. The van der Waals surface area contributed by atoms with Crippen molar-refractivity contribution in [2.24, 2.45) is 0 Å². The second kappa shape index (κ2) is 7.00. The molecule has 2 heterocycles. The van der Waals surface area contributed by atoms with Crippen molar-refractivity contribution in [2.75, 3.05) is 21.3 Å². The van der Waals surface area contributed by atoms with E-state index in [0.717, 1.165) is 22.3 Å². The van der Waals surface area contributed by atoms with Crippen molar-refractivity contribution in [2.45, 2.75) is 0 Å². The maximum atomic E-state index is 5.58. The first-order valence-corrected chi connectivity index (χ1v) is 7.36. The molecule has 0 aliphatic carbocycles. The van der Waals surface area contributed by atoms with Gasteiger partial charge in [0, 0.05) is 47.5 Å². The van der Waals surface area contributed by atoms with Crippen LogP contribution in [-0.4, -0.2) is 31.3 Å². The minimum Gasteiger partial charge on any atom is -0.492 e. The Morgan fingerprint density at radius 1 is 0.708 bits per heavy atom. The molecule has 0 unspecified atom stereocenters. The molecule has 121 valence electrons. The average Bonchev–Trinajstić information content (AvgIpc) is 2.67. The van der Waals surface area contributed by atoms with E-state index in [1.807, 2.05) is 24.3 Å². The monoisotopic (exact) mass is 321 g/mol. The van der Waals surface area contributed by atoms with E-state index in [1.54, 1.807) is 46.1 Å². The molecule has 5 nitrogen and oxygen atoms in total. The average molecular weight is 321 g/mol. The predicted molar refractivity (Wildman–Crippen MR) is 91.4 cm³/mol. The van der Waals surface area contributed by atoms with Gasteiger partial charge in [0.05, 0.1) is 21.3 Å². The fraction of sp³-hybridized carbons (Fsp3) is 0.158. The molecular formula is C19H17N2O3. The normalized spacial score (nSPS) is 10.3. The Morgan fingerprint density at radius 3 is 1.88 bits per heavy atom. The Hall–Kier alpha value is -3.08. The summed E-state index contributed by atoms with van der Waals surface area (Å²) >= 11 is 0. The number of pyridine rings is 2. The van der Waals surface area contributed by atoms with Crippen LogP contribution < -0.4 is 14.2 Å². The molecular weight excluding hydrogens is 304 g/mol.